The van der Waals surface area contributed by atoms with Crippen molar-refractivity contribution in [3.63, 3.8) is 0 Å². The largest absolute Gasteiger partial charge is 0.481 e. The number of aliphatic carboxylic acids is 1. The maximum absolute atomic E-state index is 12.3. The van der Waals surface area contributed by atoms with E-state index < -0.39 is 11.4 Å². The Labute approximate surface area is 161 Å². The number of carbonyl (C=O) groups excluding carboxylic acids is 1. The molecule has 1 aliphatic heterocycles. The number of hydrogen-bond acceptors (Lipinski definition) is 4. The van der Waals surface area contributed by atoms with Crippen LogP contribution in [0.3, 0.4) is 0 Å². The summed E-state index contributed by atoms with van der Waals surface area (Å²) in [6, 6.07) is 0. The highest BCUT2D eigenvalue weighted by Gasteiger charge is 2.73. The number of ether oxygens (including phenoxy) is 2. The summed E-state index contributed by atoms with van der Waals surface area (Å²) < 4.78 is 11.9. The molecular formula is C22H32O5. The van der Waals surface area contributed by atoms with Crippen molar-refractivity contribution in [1.82, 2.24) is 0 Å². The van der Waals surface area contributed by atoms with Crippen LogP contribution in [0, 0.1) is 34.0 Å². The number of fused-ring (bicyclic) bond motifs is 4. The lowest BCUT2D eigenvalue weighted by molar-refractivity contribution is -0.221. The van der Waals surface area contributed by atoms with Crippen LogP contribution in [0.1, 0.15) is 72.1 Å². The van der Waals surface area contributed by atoms with Crippen molar-refractivity contribution < 1.29 is 24.2 Å². The fourth-order valence-electron chi connectivity index (χ4n) is 8.56. The van der Waals surface area contributed by atoms with Crippen molar-refractivity contribution in [2.75, 3.05) is 6.61 Å². The van der Waals surface area contributed by atoms with Crippen LogP contribution in [-0.2, 0) is 19.1 Å². The van der Waals surface area contributed by atoms with E-state index in [1.807, 2.05) is 6.92 Å². The fourth-order valence-corrected chi connectivity index (χ4v) is 8.56. The first-order chi connectivity index (χ1) is 12.7. The van der Waals surface area contributed by atoms with Gasteiger partial charge in [0, 0.05) is 12.3 Å². The SMILES string of the molecule is CC(=O)O[C@H]1CC[C@@](C)(C(=O)O)[C@H]2CC[C@@]34C[C@H](CC[C@H]3[C@]12C)[C@@]1(CO1)C4. The van der Waals surface area contributed by atoms with Crippen LogP contribution in [0.4, 0.5) is 0 Å². The first-order valence-electron chi connectivity index (χ1n) is 10.7. The third-order valence-electron chi connectivity index (χ3n) is 9.72. The molecule has 0 radical (unpaired) electrons. The smallest absolute Gasteiger partial charge is 0.309 e. The molecule has 1 saturated heterocycles. The molecule has 4 saturated carbocycles. The van der Waals surface area contributed by atoms with Crippen LogP contribution in [0.2, 0.25) is 0 Å². The third kappa shape index (κ3) is 2.15. The minimum Gasteiger partial charge on any atom is -0.481 e. The number of carbonyl (C=O) groups is 2. The second kappa shape index (κ2) is 5.28. The molecule has 0 aromatic carbocycles. The molecule has 0 amide bonds. The number of carboxylic acid groups (broad SMARTS) is 1. The predicted octanol–water partition coefficient (Wildman–Crippen LogP) is 3.79. The Morgan fingerprint density at radius 1 is 1.07 bits per heavy atom. The van der Waals surface area contributed by atoms with E-state index in [-0.39, 0.29) is 34.4 Å². The summed E-state index contributed by atoms with van der Waals surface area (Å²) in [5, 5.41) is 10.1. The summed E-state index contributed by atoms with van der Waals surface area (Å²) >= 11 is 0. The van der Waals surface area contributed by atoms with Crippen molar-refractivity contribution in [2.45, 2.75) is 83.8 Å². The van der Waals surface area contributed by atoms with E-state index >= 15 is 0 Å². The molecule has 150 valence electrons. The van der Waals surface area contributed by atoms with Crippen molar-refractivity contribution >= 4 is 11.9 Å². The molecule has 5 rings (SSSR count). The molecule has 0 aromatic heterocycles. The lowest BCUT2D eigenvalue weighted by atomic mass is 9.40. The third-order valence-corrected chi connectivity index (χ3v) is 9.72. The lowest BCUT2D eigenvalue weighted by Gasteiger charge is -2.65. The van der Waals surface area contributed by atoms with Crippen LogP contribution in [0.5, 0.6) is 0 Å². The average molecular weight is 376 g/mol. The summed E-state index contributed by atoms with van der Waals surface area (Å²) in [5.74, 6) is 0.241. The normalized spacial score (nSPS) is 55.5. The molecular weight excluding hydrogens is 344 g/mol. The zero-order valence-electron chi connectivity index (χ0n) is 16.8. The van der Waals surface area contributed by atoms with E-state index in [9.17, 15) is 14.7 Å². The summed E-state index contributed by atoms with van der Waals surface area (Å²) in [6.45, 7) is 6.59. The Balaban J connectivity index is 1.58. The minimum absolute atomic E-state index is 0.0597. The molecule has 5 heteroatoms. The minimum atomic E-state index is -0.726. The van der Waals surface area contributed by atoms with E-state index in [1.165, 1.54) is 19.8 Å². The Bertz CT molecular complexity index is 699. The first-order valence-corrected chi connectivity index (χ1v) is 10.7. The van der Waals surface area contributed by atoms with Crippen LogP contribution in [-0.4, -0.2) is 35.4 Å². The molecule has 0 aromatic rings. The number of carboxylic acids is 1. The second-order valence-corrected chi connectivity index (χ2v) is 10.7. The maximum atomic E-state index is 12.3. The van der Waals surface area contributed by atoms with Gasteiger partial charge < -0.3 is 14.6 Å². The van der Waals surface area contributed by atoms with Gasteiger partial charge in [0.2, 0.25) is 0 Å². The van der Waals surface area contributed by atoms with E-state index in [2.05, 4.69) is 6.92 Å². The van der Waals surface area contributed by atoms with Crippen molar-refractivity contribution in [3.8, 4) is 0 Å². The van der Waals surface area contributed by atoms with Crippen molar-refractivity contribution in [3.05, 3.63) is 0 Å². The highest BCUT2D eigenvalue weighted by molar-refractivity contribution is 5.75. The number of epoxide rings is 1. The zero-order chi connectivity index (χ0) is 19.2. The topological polar surface area (TPSA) is 76.1 Å². The van der Waals surface area contributed by atoms with Gasteiger partial charge in [-0.2, -0.15) is 0 Å². The average Bonchev–Trinajstić information content (AvgIpc) is 3.32. The van der Waals surface area contributed by atoms with Gasteiger partial charge in [0.05, 0.1) is 17.6 Å². The molecule has 1 N–H and O–H groups in total. The second-order valence-electron chi connectivity index (χ2n) is 10.7. The molecule has 4 aliphatic carbocycles. The molecule has 1 heterocycles. The van der Waals surface area contributed by atoms with Crippen LogP contribution >= 0.6 is 0 Å². The van der Waals surface area contributed by atoms with E-state index in [0.29, 0.717) is 24.7 Å². The quantitative estimate of drug-likeness (QED) is 0.586. The summed E-state index contributed by atoms with van der Waals surface area (Å²) in [4.78, 5) is 24.2. The maximum Gasteiger partial charge on any atom is 0.309 e. The zero-order valence-corrected chi connectivity index (χ0v) is 16.8. The van der Waals surface area contributed by atoms with Gasteiger partial charge in [-0.1, -0.05) is 6.92 Å². The molecule has 5 aliphatic rings. The summed E-state index contributed by atoms with van der Waals surface area (Å²) in [5.41, 5.74) is -0.615. The standard InChI is InChI=1S/C22H32O5/c1-13(23)27-17-7-8-19(2,18(24)25)15-6-9-21-10-14(22(11-21)12-26-22)4-5-16(21)20(15,17)3/h14-17H,4-12H2,1-3H3,(H,24,25)/t14-,15+,16-,17-,19+,20+,21-,22-/m0/s1. The number of rotatable bonds is 2. The van der Waals surface area contributed by atoms with Crippen LogP contribution in [0.25, 0.3) is 0 Å². The van der Waals surface area contributed by atoms with Gasteiger partial charge in [0.1, 0.15) is 6.10 Å². The Kier molecular flexibility index (Phi) is 3.51. The van der Waals surface area contributed by atoms with Crippen LogP contribution < -0.4 is 0 Å². The van der Waals surface area contributed by atoms with Crippen molar-refractivity contribution in [2.24, 2.45) is 34.0 Å². The fraction of sp³-hybridized carbons (Fsp3) is 0.909. The summed E-state index contributed by atoms with van der Waals surface area (Å²) in [6.07, 6.45) is 7.77. The lowest BCUT2D eigenvalue weighted by Crippen LogP contribution is -2.64. The van der Waals surface area contributed by atoms with Gasteiger partial charge in [-0.05, 0) is 81.5 Å². The van der Waals surface area contributed by atoms with Gasteiger partial charge in [-0.3, -0.25) is 9.59 Å². The predicted molar refractivity (Wildman–Crippen MR) is 97.9 cm³/mol. The van der Waals surface area contributed by atoms with E-state index in [1.54, 1.807) is 0 Å². The molecule has 5 nitrogen and oxygen atoms in total. The molecule has 2 bridgehead atoms. The first kappa shape index (κ1) is 18.0. The van der Waals surface area contributed by atoms with Gasteiger partial charge in [0.15, 0.2) is 0 Å². The Morgan fingerprint density at radius 3 is 2.44 bits per heavy atom. The van der Waals surface area contributed by atoms with Gasteiger partial charge >= 0.3 is 11.9 Å². The van der Waals surface area contributed by atoms with Crippen LogP contribution in [0.15, 0.2) is 0 Å². The van der Waals surface area contributed by atoms with Crippen molar-refractivity contribution in [1.29, 1.82) is 0 Å². The Hall–Kier alpha value is -1.10. The molecule has 8 atom stereocenters. The van der Waals surface area contributed by atoms with E-state index in [0.717, 1.165) is 32.3 Å². The van der Waals surface area contributed by atoms with Gasteiger partial charge in [0.25, 0.3) is 0 Å². The monoisotopic (exact) mass is 376 g/mol. The number of hydrogen-bond donors (Lipinski definition) is 1. The summed E-state index contributed by atoms with van der Waals surface area (Å²) in [7, 11) is 0. The highest BCUT2D eigenvalue weighted by atomic mass is 16.6. The number of esters is 1. The molecule has 0 unspecified atom stereocenters. The molecule has 5 fully saturated rings. The van der Waals surface area contributed by atoms with Gasteiger partial charge in [-0.15, -0.1) is 0 Å². The molecule has 2 spiro atoms. The molecule has 27 heavy (non-hydrogen) atoms. The van der Waals surface area contributed by atoms with Gasteiger partial charge in [-0.25, -0.2) is 0 Å². The van der Waals surface area contributed by atoms with E-state index in [4.69, 9.17) is 9.47 Å². The highest BCUT2D eigenvalue weighted by Crippen LogP contribution is 2.75. The Morgan fingerprint density at radius 2 is 1.81 bits per heavy atom.